The summed E-state index contributed by atoms with van der Waals surface area (Å²) in [5, 5.41) is 8.93. The maximum absolute atomic E-state index is 12.4. The molecule has 2 heterocycles. The van der Waals surface area contributed by atoms with Crippen LogP contribution >= 0.6 is 0 Å². The highest BCUT2D eigenvalue weighted by molar-refractivity contribution is 6.06. The Balaban J connectivity index is 1.94. The quantitative estimate of drug-likeness (QED) is 0.872. The molecule has 0 saturated heterocycles. The van der Waals surface area contributed by atoms with E-state index >= 15 is 0 Å². The lowest BCUT2D eigenvalue weighted by Gasteiger charge is -2.07. The van der Waals surface area contributed by atoms with Crippen LogP contribution in [0.25, 0.3) is 11.1 Å². The molecular weight excluding hydrogens is 315 g/mol. The fourth-order valence-electron chi connectivity index (χ4n) is 2.28. The van der Waals surface area contributed by atoms with Gasteiger partial charge in [-0.1, -0.05) is 6.07 Å². The van der Waals surface area contributed by atoms with Gasteiger partial charge in [-0.2, -0.15) is 13.2 Å². The standard InChI is InChI=1S/C14H8F3N3O3/c15-14(16,17)12-18-4-9(5-19-12)7-1-2-10-8(3-7)6-20(11(10)21)13(22)23/h1-5H,6H2,(H,22,23). The third kappa shape index (κ3) is 2.60. The topological polar surface area (TPSA) is 83.4 Å². The van der Waals surface area contributed by atoms with E-state index in [2.05, 4.69) is 9.97 Å². The molecule has 23 heavy (non-hydrogen) atoms. The molecule has 0 atom stereocenters. The van der Waals surface area contributed by atoms with E-state index in [4.69, 9.17) is 5.11 Å². The van der Waals surface area contributed by atoms with Crippen molar-refractivity contribution in [2.45, 2.75) is 12.7 Å². The van der Waals surface area contributed by atoms with Crippen LogP contribution in [0.2, 0.25) is 0 Å². The minimum Gasteiger partial charge on any atom is -0.465 e. The summed E-state index contributed by atoms with van der Waals surface area (Å²) in [4.78, 5) is 30.0. The number of carboxylic acid groups (broad SMARTS) is 1. The highest BCUT2D eigenvalue weighted by Crippen LogP contribution is 2.30. The molecule has 0 fully saturated rings. The Hall–Kier alpha value is -2.97. The van der Waals surface area contributed by atoms with E-state index in [-0.39, 0.29) is 12.1 Å². The summed E-state index contributed by atoms with van der Waals surface area (Å²) in [5.41, 5.74) is 1.57. The SMILES string of the molecule is O=C(O)N1Cc2cc(-c3cnc(C(F)(F)F)nc3)ccc2C1=O. The summed E-state index contributed by atoms with van der Waals surface area (Å²) in [6.07, 6.45) is -3.91. The fourth-order valence-corrected chi connectivity index (χ4v) is 2.28. The van der Waals surface area contributed by atoms with Crippen LogP contribution in [-0.2, 0) is 12.7 Å². The van der Waals surface area contributed by atoms with Gasteiger partial charge in [-0.25, -0.2) is 19.7 Å². The lowest BCUT2D eigenvalue weighted by Crippen LogP contribution is -2.29. The first-order valence-electron chi connectivity index (χ1n) is 6.34. The molecule has 0 saturated carbocycles. The van der Waals surface area contributed by atoms with Crippen molar-refractivity contribution in [1.29, 1.82) is 0 Å². The van der Waals surface area contributed by atoms with Crippen LogP contribution < -0.4 is 0 Å². The van der Waals surface area contributed by atoms with E-state index in [0.29, 0.717) is 21.6 Å². The number of fused-ring (bicyclic) bond motifs is 1. The van der Waals surface area contributed by atoms with Crippen molar-refractivity contribution >= 4 is 12.0 Å². The zero-order chi connectivity index (χ0) is 16.8. The number of amides is 2. The first-order chi connectivity index (χ1) is 10.8. The first kappa shape index (κ1) is 14.9. The van der Waals surface area contributed by atoms with Gasteiger partial charge in [-0.15, -0.1) is 0 Å². The Bertz CT molecular complexity index is 803. The van der Waals surface area contributed by atoms with Crippen molar-refractivity contribution in [2.24, 2.45) is 0 Å². The van der Waals surface area contributed by atoms with E-state index in [9.17, 15) is 22.8 Å². The number of carbonyl (C=O) groups is 2. The highest BCUT2D eigenvalue weighted by atomic mass is 19.4. The third-order valence-corrected chi connectivity index (χ3v) is 3.38. The molecule has 0 bridgehead atoms. The van der Waals surface area contributed by atoms with Crippen LogP contribution in [-0.4, -0.2) is 32.0 Å². The van der Waals surface area contributed by atoms with E-state index in [1.807, 2.05) is 0 Å². The van der Waals surface area contributed by atoms with Gasteiger partial charge < -0.3 is 5.11 Å². The molecule has 0 radical (unpaired) electrons. The maximum atomic E-state index is 12.4. The van der Waals surface area contributed by atoms with Gasteiger partial charge in [0.2, 0.25) is 5.82 Å². The molecule has 1 aromatic carbocycles. The zero-order valence-electron chi connectivity index (χ0n) is 11.3. The number of carbonyl (C=O) groups excluding carboxylic acids is 1. The summed E-state index contributed by atoms with van der Waals surface area (Å²) < 4.78 is 37.3. The number of halogens is 3. The Morgan fingerprint density at radius 2 is 1.83 bits per heavy atom. The minimum atomic E-state index is -4.62. The van der Waals surface area contributed by atoms with Crippen molar-refractivity contribution < 1.29 is 27.9 Å². The Morgan fingerprint density at radius 1 is 1.17 bits per heavy atom. The van der Waals surface area contributed by atoms with Crippen LogP contribution in [0.1, 0.15) is 21.7 Å². The highest BCUT2D eigenvalue weighted by Gasteiger charge is 2.34. The first-order valence-corrected chi connectivity index (χ1v) is 6.34. The van der Waals surface area contributed by atoms with Crippen LogP contribution in [0, 0.1) is 0 Å². The lowest BCUT2D eigenvalue weighted by molar-refractivity contribution is -0.144. The summed E-state index contributed by atoms with van der Waals surface area (Å²) in [7, 11) is 0. The smallest absolute Gasteiger partial charge is 0.451 e. The van der Waals surface area contributed by atoms with Gasteiger partial charge in [0.15, 0.2) is 0 Å². The normalized spacial score (nSPS) is 14.0. The van der Waals surface area contributed by atoms with Gasteiger partial charge in [-0.3, -0.25) is 4.79 Å². The molecule has 118 valence electrons. The van der Waals surface area contributed by atoms with E-state index < -0.39 is 24.0 Å². The van der Waals surface area contributed by atoms with Gasteiger partial charge in [-0.05, 0) is 23.3 Å². The van der Waals surface area contributed by atoms with E-state index in [1.54, 1.807) is 6.07 Å². The van der Waals surface area contributed by atoms with Crippen molar-refractivity contribution in [2.75, 3.05) is 0 Å². The molecule has 0 unspecified atom stereocenters. The Labute approximate surface area is 127 Å². The number of alkyl halides is 3. The van der Waals surface area contributed by atoms with Gasteiger partial charge in [0.05, 0.1) is 6.54 Å². The van der Waals surface area contributed by atoms with Gasteiger partial charge in [0, 0.05) is 23.5 Å². The molecule has 1 aliphatic heterocycles. The molecule has 1 aliphatic rings. The molecule has 1 N–H and O–H groups in total. The van der Waals surface area contributed by atoms with Gasteiger partial charge in [0.25, 0.3) is 5.91 Å². The number of nitrogens with zero attached hydrogens (tertiary/aromatic N) is 3. The predicted octanol–water partition coefficient (Wildman–Crippen LogP) is 2.80. The number of benzene rings is 1. The largest absolute Gasteiger partial charge is 0.465 e. The molecule has 0 spiro atoms. The number of aromatic nitrogens is 2. The molecule has 3 rings (SSSR count). The van der Waals surface area contributed by atoms with Crippen LogP contribution in [0.5, 0.6) is 0 Å². The van der Waals surface area contributed by atoms with Gasteiger partial charge in [0.1, 0.15) is 0 Å². The van der Waals surface area contributed by atoms with E-state index in [0.717, 1.165) is 12.4 Å². The van der Waals surface area contributed by atoms with Crippen molar-refractivity contribution in [3.8, 4) is 11.1 Å². The number of rotatable bonds is 1. The second-order valence-corrected chi connectivity index (χ2v) is 4.84. The number of hydrogen-bond acceptors (Lipinski definition) is 4. The van der Waals surface area contributed by atoms with Crippen molar-refractivity contribution in [3.05, 3.63) is 47.5 Å². The predicted molar refractivity (Wildman–Crippen MR) is 70.4 cm³/mol. The number of hydrogen-bond donors (Lipinski definition) is 1. The van der Waals surface area contributed by atoms with Crippen LogP contribution in [0.4, 0.5) is 18.0 Å². The summed E-state index contributed by atoms with van der Waals surface area (Å²) in [5.74, 6) is -1.86. The molecule has 9 heteroatoms. The zero-order valence-corrected chi connectivity index (χ0v) is 11.3. The van der Waals surface area contributed by atoms with E-state index in [1.165, 1.54) is 12.1 Å². The molecule has 1 aromatic heterocycles. The summed E-state index contributed by atoms with van der Waals surface area (Å²) in [6.45, 7) is -0.0984. The maximum Gasteiger partial charge on any atom is 0.451 e. The summed E-state index contributed by atoms with van der Waals surface area (Å²) >= 11 is 0. The molecule has 0 aliphatic carbocycles. The second kappa shape index (κ2) is 5.04. The minimum absolute atomic E-state index is 0.0984. The average Bonchev–Trinajstić information content (AvgIpc) is 2.83. The summed E-state index contributed by atoms with van der Waals surface area (Å²) in [6, 6.07) is 4.49. The fraction of sp³-hybridized carbons (Fsp3) is 0.143. The molecule has 2 aromatic rings. The third-order valence-electron chi connectivity index (χ3n) is 3.38. The number of imide groups is 1. The average molecular weight is 323 g/mol. The van der Waals surface area contributed by atoms with Crippen LogP contribution in [0.15, 0.2) is 30.6 Å². The second-order valence-electron chi connectivity index (χ2n) is 4.84. The molecule has 6 nitrogen and oxygen atoms in total. The molecule has 2 amide bonds. The molecular formula is C14H8F3N3O3. The monoisotopic (exact) mass is 323 g/mol. The lowest BCUT2D eigenvalue weighted by atomic mass is 10.0. The van der Waals surface area contributed by atoms with Crippen LogP contribution in [0.3, 0.4) is 0 Å². The Morgan fingerprint density at radius 3 is 2.39 bits per heavy atom. The van der Waals surface area contributed by atoms with Gasteiger partial charge >= 0.3 is 12.3 Å². The van der Waals surface area contributed by atoms with Crippen molar-refractivity contribution in [3.63, 3.8) is 0 Å². The Kier molecular flexibility index (Phi) is 3.28. The van der Waals surface area contributed by atoms with Crippen molar-refractivity contribution in [1.82, 2.24) is 14.9 Å².